The van der Waals surface area contributed by atoms with Crippen molar-refractivity contribution in [3.05, 3.63) is 36.7 Å². The normalized spacial score (nSPS) is 10.8. The summed E-state index contributed by atoms with van der Waals surface area (Å²) < 4.78 is 1.94. The molecule has 1 aromatic heterocycles. The van der Waals surface area contributed by atoms with Gasteiger partial charge < -0.3 is 5.32 Å². The first-order valence-electron chi connectivity index (χ1n) is 7.04. The van der Waals surface area contributed by atoms with Gasteiger partial charge in [0.2, 0.25) is 5.91 Å². The average molecular weight is 271 g/mol. The van der Waals surface area contributed by atoms with E-state index >= 15 is 0 Å². The van der Waals surface area contributed by atoms with E-state index in [9.17, 15) is 4.79 Å². The minimum atomic E-state index is -0.0223. The van der Waals surface area contributed by atoms with Gasteiger partial charge in [0.15, 0.2) is 0 Å². The second-order valence-corrected chi connectivity index (χ2v) is 5.22. The van der Waals surface area contributed by atoms with Crippen molar-refractivity contribution in [3.8, 4) is 11.1 Å². The van der Waals surface area contributed by atoms with Crippen LogP contribution in [0.4, 0.5) is 5.69 Å². The van der Waals surface area contributed by atoms with Crippen LogP contribution in [0.15, 0.2) is 36.7 Å². The summed E-state index contributed by atoms with van der Waals surface area (Å²) in [5.74, 6) is 0.00906. The summed E-state index contributed by atoms with van der Waals surface area (Å²) in [5.41, 5.74) is 2.96. The van der Waals surface area contributed by atoms with Crippen LogP contribution in [0.25, 0.3) is 11.1 Å². The zero-order chi connectivity index (χ0) is 14.5. The van der Waals surface area contributed by atoms with Crippen molar-refractivity contribution < 1.29 is 4.79 Å². The number of rotatable bonds is 5. The third kappa shape index (κ3) is 3.47. The zero-order valence-corrected chi connectivity index (χ0v) is 12.3. The van der Waals surface area contributed by atoms with E-state index in [1.807, 2.05) is 55.2 Å². The molecule has 0 radical (unpaired) electrons. The fourth-order valence-corrected chi connectivity index (χ4v) is 1.93. The molecule has 1 heterocycles. The van der Waals surface area contributed by atoms with Gasteiger partial charge in [-0.05, 0) is 24.1 Å². The van der Waals surface area contributed by atoms with E-state index in [2.05, 4.69) is 17.3 Å². The minimum Gasteiger partial charge on any atom is -0.326 e. The van der Waals surface area contributed by atoms with Crippen LogP contribution in [-0.2, 0) is 11.3 Å². The lowest BCUT2D eigenvalue weighted by Crippen LogP contribution is -2.17. The molecule has 4 heteroatoms. The van der Waals surface area contributed by atoms with Crippen LogP contribution in [0.3, 0.4) is 0 Å². The van der Waals surface area contributed by atoms with Crippen molar-refractivity contribution in [3.63, 3.8) is 0 Å². The highest BCUT2D eigenvalue weighted by Crippen LogP contribution is 2.22. The highest BCUT2D eigenvalue weighted by molar-refractivity contribution is 5.92. The molecule has 1 aromatic carbocycles. The molecule has 0 aliphatic heterocycles. The van der Waals surface area contributed by atoms with Gasteiger partial charge >= 0.3 is 0 Å². The summed E-state index contributed by atoms with van der Waals surface area (Å²) >= 11 is 0. The second kappa shape index (κ2) is 6.37. The van der Waals surface area contributed by atoms with Crippen molar-refractivity contribution in [2.24, 2.45) is 5.92 Å². The maximum absolute atomic E-state index is 11.7. The highest BCUT2D eigenvalue weighted by Gasteiger charge is 2.08. The molecule has 1 N–H and O–H groups in total. The van der Waals surface area contributed by atoms with E-state index in [4.69, 9.17) is 0 Å². The van der Waals surface area contributed by atoms with E-state index < -0.39 is 0 Å². The molecular formula is C16H21N3O. The Labute approximate surface area is 119 Å². The molecule has 2 rings (SSSR count). The summed E-state index contributed by atoms with van der Waals surface area (Å²) in [5, 5.41) is 7.25. The summed E-state index contributed by atoms with van der Waals surface area (Å²) in [6, 6.07) is 7.86. The minimum absolute atomic E-state index is 0.0223. The van der Waals surface area contributed by atoms with Crippen LogP contribution in [0.5, 0.6) is 0 Å². The van der Waals surface area contributed by atoms with Gasteiger partial charge in [0.25, 0.3) is 0 Å². The first kappa shape index (κ1) is 14.3. The van der Waals surface area contributed by atoms with Crippen molar-refractivity contribution >= 4 is 11.6 Å². The van der Waals surface area contributed by atoms with E-state index in [0.29, 0.717) is 0 Å². The smallest absolute Gasteiger partial charge is 0.226 e. The average Bonchev–Trinajstić information content (AvgIpc) is 2.88. The largest absolute Gasteiger partial charge is 0.326 e. The molecule has 0 saturated heterocycles. The van der Waals surface area contributed by atoms with Crippen LogP contribution >= 0.6 is 0 Å². The predicted molar refractivity (Wildman–Crippen MR) is 81.4 cm³/mol. The van der Waals surface area contributed by atoms with Crippen molar-refractivity contribution in [1.29, 1.82) is 0 Å². The summed E-state index contributed by atoms with van der Waals surface area (Å²) in [6.07, 6.45) is 4.96. The third-order valence-electron chi connectivity index (χ3n) is 3.07. The number of hydrogen-bond acceptors (Lipinski definition) is 2. The molecule has 0 aliphatic rings. The zero-order valence-electron chi connectivity index (χ0n) is 12.3. The lowest BCUT2D eigenvalue weighted by Gasteiger charge is -2.08. The van der Waals surface area contributed by atoms with E-state index in [-0.39, 0.29) is 11.8 Å². The Kier molecular flexibility index (Phi) is 4.56. The Morgan fingerprint density at radius 1 is 1.35 bits per heavy atom. The number of nitrogens with zero attached hydrogens (tertiary/aromatic N) is 2. The van der Waals surface area contributed by atoms with Crippen LogP contribution in [0.2, 0.25) is 0 Å². The number of aromatic nitrogens is 2. The number of benzene rings is 1. The molecule has 0 unspecified atom stereocenters. The lowest BCUT2D eigenvalue weighted by atomic mass is 10.1. The topological polar surface area (TPSA) is 46.9 Å². The molecule has 0 aliphatic carbocycles. The highest BCUT2D eigenvalue weighted by atomic mass is 16.1. The quantitative estimate of drug-likeness (QED) is 0.904. The van der Waals surface area contributed by atoms with Gasteiger partial charge in [0, 0.05) is 29.9 Å². The second-order valence-electron chi connectivity index (χ2n) is 5.22. The Balaban J connectivity index is 2.18. The first-order chi connectivity index (χ1) is 9.60. The van der Waals surface area contributed by atoms with Crippen LogP contribution in [0.1, 0.15) is 27.2 Å². The molecule has 0 bridgehead atoms. The Hall–Kier alpha value is -2.10. The number of hydrogen-bond donors (Lipinski definition) is 1. The predicted octanol–water partition coefficient (Wildman–Crippen LogP) is 3.55. The van der Waals surface area contributed by atoms with Gasteiger partial charge in [0.05, 0.1) is 6.20 Å². The monoisotopic (exact) mass is 271 g/mol. The molecule has 1 amide bonds. The van der Waals surface area contributed by atoms with Crippen LogP contribution in [-0.4, -0.2) is 15.7 Å². The molecule has 0 saturated carbocycles. The fourth-order valence-electron chi connectivity index (χ4n) is 1.93. The Bertz CT molecular complexity index is 587. The van der Waals surface area contributed by atoms with Gasteiger partial charge in [0.1, 0.15) is 0 Å². The molecule has 2 aromatic rings. The van der Waals surface area contributed by atoms with Gasteiger partial charge in [-0.2, -0.15) is 5.10 Å². The molecule has 106 valence electrons. The van der Waals surface area contributed by atoms with Crippen LogP contribution in [0, 0.1) is 5.92 Å². The molecule has 0 spiro atoms. The maximum atomic E-state index is 11.7. The number of carbonyl (C=O) groups is 1. The molecular weight excluding hydrogens is 250 g/mol. The van der Waals surface area contributed by atoms with Gasteiger partial charge in [-0.1, -0.05) is 32.9 Å². The molecule has 0 fully saturated rings. The summed E-state index contributed by atoms with van der Waals surface area (Å²) in [6.45, 7) is 6.81. The number of anilines is 1. The van der Waals surface area contributed by atoms with E-state index in [0.717, 1.165) is 29.8 Å². The molecule has 4 nitrogen and oxygen atoms in total. The number of amides is 1. The summed E-state index contributed by atoms with van der Waals surface area (Å²) in [4.78, 5) is 11.7. The van der Waals surface area contributed by atoms with Crippen molar-refractivity contribution in [2.45, 2.75) is 33.7 Å². The third-order valence-corrected chi connectivity index (χ3v) is 3.07. The first-order valence-corrected chi connectivity index (χ1v) is 7.04. The Morgan fingerprint density at radius 3 is 2.85 bits per heavy atom. The number of aryl methyl sites for hydroxylation is 1. The number of carbonyl (C=O) groups excluding carboxylic acids is 1. The van der Waals surface area contributed by atoms with E-state index in [1.54, 1.807) is 0 Å². The van der Waals surface area contributed by atoms with Crippen molar-refractivity contribution in [1.82, 2.24) is 9.78 Å². The van der Waals surface area contributed by atoms with E-state index in [1.165, 1.54) is 0 Å². The molecule has 20 heavy (non-hydrogen) atoms. The summed E-state index contributed by atoms with van der Waals surface area (Å²) in [7, 11) is 0. The number of nitrogens with one attached hydrogen (secondary N) is 1. The SMILES string of the molecule is CCCn1cc(-c2cccc(NC(=O)C(C)C)c2)cn1. The standard InChI is InChI=1S/C16H21N3O/c1-4-8-19-11-14(10-17-19)13-6-5-7-15(9-13)18-16(20)12(2)3/h5-7,9-12H,4,8H2,1-3H3,(H,18,20). The van der Waals surface area contributed by atoms with Crippen molar-refractivity contribution in [2.75, 3.05) is 5.32 Å². The Morgan fingerprint density at radius 2 is 2.15 bits per heavy atom. The lowest BCUT2D eigenvalue weighted by molar-refractivity contribution is -0.118. The maximum Gasteiger partial charge on any atom is 0.226 e. The fraction of sp³-hybridized carbons (Fsp3) is 0.375. The molecule has 0 atom stereocenters. The van der Waals surface area contributed by atoms with Gasteiger partial charge in [-0.25, -0.2) is 0 Å². The van der Waals surface area contributed by atoms with Gasteiger partial charge in [-0.3, -0.25) is 9.48 Å². The van der Waals surface area contributed by atoms with Crippen LogP contribution < -0.4 is 5.32 Å². The van der Waals surface area contributed by atoms with Gasteiger partial charge in [-0.15, -0.1) is 0 Å².